The van der Waals surface area contributed by atoms with Gasteiger partial charge in [0.2, 0.25) is 0 Å². The van der Waals surface area contributed by atoms with Gasteiger partial charge in [-0.2, -0.15) is 0 Å². The van der Waals surface area contributed by atoms with Gasteiger partial charge < -0.3 is 14.5 Å². The molecule has 63 heavy (non-hydrogen) atoms. The van der Waals surface area contributed by atoms with Gasteiger partial charge in [0.25, 0.3) is 6.71 Å². The summed E-state index contributed by atoms with van der Waals surface area (Å²) < 4.78 is 9.60. The van der Waals surface area contributed by atoms with Crippen molar-refractivity contribution in [3.8, 4) is 33.8 Å². The summed E-state index contributed by atoms with van der Waals surface area (Å²) in [6.45, 7) is -0.0352. The first kappa shape index (κ1) is 35.9. The van der Waals surface area contributed by atoms with Gasteiger partial charge in [-0.15, -0.1) is 11.3 Å². The summed E-state index contributed by atoms with van der Waals surface area (Å²) in [7, 11) is 0. The molecule has 0 radical (unpaired) electrons. The van der Waals surface area contributed by atoms with Crippen LogP contribution in [0, 0.1) is 0 Å². The average Bonchev–Trinajstić information content (AvgIpc) is 3.72. The summed E-state index contributed by atoms with van der Waals surface area (Å²) in [5.74, 6) is 1.82. The fraction of sp³-hybridized carbons (Fsp3) is 0. The zero-order valence-corrected chi connectivity index (χ0v) is 35.0. The molecule has 294 valence electrons. The van der Waals surface area contributed by atoms with Crippen molar-refractivity contribution in [1.29, 1.82) is 0 Å². The van der Waals surface area contributed by atoms with Crippen LogP contribution in [0.3, 0.4) is 0 Å². The molecule has 0 amide bonds. The van der Waals surface area contributed by atoms with E-state index in [0.29, 0.717) is 0 Å². The predicted octanol–water partition coefficient (Wildman–Crippen LogP) is 14.4. The third-order valence-electron chi connectivity index (χ3n) is 12.9. The minimum atomic E-state index is -0.0352. The van der Waals surface area contributed by atoms with Crippen LogP contribution in [-0.4, -0.2) is 6.71 Å². The van der Waals surface area contributed by atoms with E-state index < -0.39 is 0 Å². The SMILES string of the molecule is c1ccc(-c2ccc(N3c4ccc(-c5ccccc5)cc4B4c5cc6sc7cc(N(c8ccccc8)c8ccccc8)c8ccccc8c7c6cc5Oc5cccc3c54)cc2)cc1. The number of anilines is 6. The van der Waals surface area contributed by atoms with Gasteiger partial charge in [-0.1, -0.05) is 152 Å². The fourth-order valence-electron chi connectivity index (χ4n) is 10.1. The molecule has 13 rings (SSSR count). The normalized spacial score (nSPS) is 12.5. The van der Waals surface area contributed by atoms with Gasteiger partial charge in [0, 0.05) is 54.0 Å². The van der Waals surface area contributed by atoms with Crippen molar-refractivity contribution in [2.75, 3.05) is 9.80 Å². The van der Waals surface area contributed by atoms with Crippen LogP contribution in [0.2, 0.25) is 0 Å². The zero-order chi connectivity index (χ0) is 41.4. The molecule has 0 fully saturated rings. The molecule has 5 heteroatoms. The van der Waals surface area contributed by atoms with Gasteiger partial charge in [0.15, 0.2) is 0 Å². The molecule has 3 heterocycles. The maximum Gasteiger partial charge on any atom is 0.256 e. The molecule has 1 aromatic heterocycles. The van der Waals surface area contributed by atoms with Crippen molar-refractivity contribution in [2.45, 2.75) is 0 Å². The highest BCUT2D eigenvalue weighted by atomic mass is 32.1. The number of thiophene rings is 1. The lowest BCUT2D eigenvalue weighted by molar-refractivity contribution is 0.488. The number of hydrogen-bond acceptors (Lipinski definition) is 4. The second-order valence-electron chi connectivity index (χ2n) is 16.4. The van der Waals surface area contributed by atoms with E-state index in [1.807, 2.05) is 11.3 Å². The molecule has 0 saturated carbocycles. The lowest BCUT2D eigenvalue weighted by atomic mass is 9.34. The number of rotatable bonds is 6. The van der Waals surface area contributed by atoms with E-state index in [2.05, 4.69) is 234 Å². The van der Waals surface area contributed by atoms with Crippen LogP contribution in [0.4, 0.5) is 34.1 Å². The second kappa shape index (κ2) is 14.4. The Labute approximate surface area is 370 Å². The van der Waals surface area contributed by atoms with E-state index in [9.17, 15) is 0 Å². The highest BCUT2D eigenvalue weighted by Crippen LogP contribution is 2.48. The zero-order valence-electron chi connectivity index (χ0n) is 34.2. The number of ether oxygens (including phenoxy) is 1. The molecule has 0 atom stereocenters. The molecular weight excluding hydrogens is 784 g/mol. The quantitative estimate of drug-likeness (QED) is 0.155. The molecule has 0 aliphatic carbocycles. The molecule has 2 aliphatic rings. The third kappa shape index (κ3) is 5.74. The Hall–Kier alpha value is -7.86. The maximum atomic E-state index is 7.10. The van der Waals surface area contributed by atoms with Crippen molar-refractivity contribution < 1.29 is 4.74 Å². The Morgan fingerprint density at radius 3 is 1.71 bits per heavy atom. The van der Waals surface area contributed by atoms with Crippen LogP contribution in [-0.2, 0) is 0 Å². The Bertz CT molecular complexity index is 3500. The lowest BCUT2D eigenvalue weighted by Gasteiger charge is -2.40. The number of benzene rings is 10. The maximum absolute atomic E-state index is 7.10. The van der Waals surface area contributed by atoms with Crippen molar-refractivity contribution >= 4 is 99.5 Å². The Morgan fingerprint density at radius 2 is 1.02 bits per heavy atom. The van der Waals surface area contributed by atoms with Crippen LogP contribution >= 0.6 is 11.3 Å². The number of nitrogens with zero attached hydrogens (tertiary/aromatic N) is 2. The van der Waals surface area contributed by atoms with Crippen molar-refractivity contribution in [3.63, 3.8) is 0 Å². The lowest BCUT2D eigenvalue weighted by Crippen LogP contribution is -2.59. The molecule has 2 aliphatic heterocycles. The summed E-state index contributed by atoms with van der Waals surface area (Å²) >= 11 is 1.87. The van der Waals surface area contributed by atoms with Gasteiger partial charge in [-0.25, -0.2) is 0 Å². The standard InChI is InChI=1S/C58H37BN2OS/c1-5-16-38(17-6-1)40-28-31-44(32-29-40)61-50-33-30-41(39-18-7-2-8-19-39)34-48(50)59-49-36-55-47(35-54(49)62-53-27-15-26-51(61)58(53)59)57-46-25-14-13-24-45(46)52(37-56(57)63-55)60(42-20-9-3-10-21-42)43-22-11-4-12-23-43/h1-37H. The van der Waals surface area contributed by atoms with Gasteiger partial charge in [0.05, 0.1) is 5.69 Å². The average molecular weight is 821 g/mol. The smallest absolute Gasteiger partial charge is 0.256 e. The predicted molar refractivity (Wildman–Crippen MR) is 268 cm³/mol. The second-order valence-corrected chi connectivity index (χ2v) is 17.5. The van der Waals surface area contributed by atoms with E-state index in [-0.39, 0.29) is 6.71 Å². The molecule has 11 aromatic rings. The molecule has 0 bridgehead atoms. The monoisotopic (exact) mass is 820 g/mol. The molecule has 0 N–H and O–H groups in total. The Morgan fingerprint density at radius 1 is 0.413 bits per heavy atom. The molecular formula is C58H37BN2OS. The van der Waals surface area contributed by atoms with Crippen LogP contribution in [0.25, 0.3) is 53.2 Å². The van der Waals surface area contributed by atoms with Gasteiger partial charge in [0.1, 0.15) is 11.5 Å². The summed E-state index contributed by atoms with van der Waals surface area (Å²) in [4.78, 5) is 4.82. The number of fused-ring (bicyclic) bond motifs is 9. The largest absolute Gasteiger partial charge is 0.458 e. The topological polar surface area (TPSA) is 15.7 Å². The highest BCUT2D eigenvalue weighted by molar-refractivity contribution is 7.26. The fourth-order valence-corrected chi connectivity index (χ4v) is 11.3. The molecule has 0 unspecified atom stereocenters. The first-order chi connectivity index (χ1) is 31.2. The summed E-state index contributed by atoms with van der Waals surface area (Å²) in [6.07, 6.45) is 0. The van der Waals surface area contributed by atoms with E-state index in [4.69, 9.17) is 4.74 Å². The molecule has 0 spiro atoms. The van der Waals surface area contributed by atoms with Crippen LogP contribution in [0.15, 0.2) is 224 Å². The molecule has 10 aromatic carbocycles. The van der Waals surface area contributed by atoms with E-state index in [1.165, 1.54) is 75.3 Å². The van der Waals surface area contributed by atoms with Crippen LogP contribution in [0.5, 0.6) is 11.5 Å². The van der Waals surface area contributed by atoms with Crippen molar-refractivity contribution in [2.24, 2.45) is 0 Å². The minimum absolute atomic E-state index is 0.0352. The number of hydrogen-bond donors (Lipinski definition) is 0. The van der Waals surface area contributed by atoms with Crippen molar-refractivity contribution in [1.82, 2.24) is 0 Å². The van der Waals surface area contributed by atoms with Crippen LogP contribution in [0.1, 0.15) is 0 Å². The molecule has 3 nitrogen and oxygen atoms in total. The third-order valence-corrected chi connectivity index (χ3v) is 14.0. The van der Waals surface area contributed by atoms with E-state index in [0.717, 1.165) is 39.9 Å². The minimum Gasteiger partial charge on any atom is -0.458 e. The number of para-hydroxylation sites is 2. The van der Waals surface area contributed by atoms with Gasteiger partial charge in [-0.05, 0) is 117 Å². The Kier molecular flexibility index (Phi) is 8.18. The van der Waals surface area contributed by atoms with Crippen molar-refractivity contribution in [3.05, 3.63) is 224 Å². The van der Waals surface area contributed by atoms with Crippen LogP contribution < -0.4 is 30.9 Å². The highest BCUT2D eigenvalue weighted by Gasteiger charge is 2.42. The summed E-state index contributed by atoms with van der Waals surface area (Å²) in [6, 6.07) is 81.4. The first-order valence-electron chi connectivity index (χ1n) is 21.5. The first-order valence-corrected chi connectivity index (χ1v) is 22.3. The van der Waals surface area contributed by atoms with Gasteiger partial charge >= 0.3 is 0 Å². The van der Waals surface area contributed by atoms with E-state index in [1.54, 1.807) is 0 Å². The summed E-state index contributed by atoms with van der Waals surface area (Å²) in [5.41, 5.74) is 15.3. The van der Waals surface area contributed by atoms with Gasteiger partial charge in [-0.3, -0.25) is 0 Å². The summed E-state index contributed by atoms with van der Waals surface area (Å²) in [5, 5.41) is 4.92. The molecule has 0 saturated heterocycles. The Balaban J connectivity index is 1.02. The van der Waals surface area contributed by atoms with E-state index >= 15 is 0 Å².